The lowest BCUT2D eigenvalue weighted by atomic mass is 10.0. The Hall–Kier alpha value is -1.84. The number of aryl methyl sites for hydroxylation is 1. The minimum absolute atomic E-state index is 0.0347. The second kappa shape index (κ2) is 7.56. The van der Waals surface area contributed by atoms with Gasteiger partial charge in [-0.05, 0) is 30.9 Å². The summed E-state index contributed by atoms with van der Waals surface area (Å²) < 4.78 is 0. The van der Waals surface area contributed by atoms with Gasteiger partial charge in [0.25, 0.3) is 0 Å². The zero-order chi connectivity index (χ0) is 14.3. The first-order valence-corrected chi connectivity index (χ1v) is 6.63. The van der Waals surface area contributed by atoms with E-state index in [0.717, 1.165) is 12.0 Å². The molecule has 4 heteroatoms. The third-order valence-electron chi connectivity index (χ3n) is 3.06. The summed E-state index contributed by atoms with van der Waals surface area (Å²) in [6.45, 7) is 4.03. The van der Waals surface area contributed by atoms with E-state index >= 15 is 0 Å². The summed E-state index contributed by atoms with van der Waals surface area (Å²) in [6, 6.07) is 8.09. The van der Waals surface area contributed by atoms with Crippen molar-refractivity contribution in [2.24, 2.45) is 0 Å². The van der Waals surface area contributed by atoms with Gasteiger partial charge < -0.3 is 10.4 Å². The maximum absolute atomic E-state index is 11.6. The van der Waals surface area contributed by atoms with E-state index < -0.39 is 5.97 Å². The Bertz CT molecular complexity index is 426. The molecule has 104 valence electrons. The van der Waals surface area contributed by atoms with Crippen molar-refractivity contribution in [2.75, 3.05) is 0 Å². The molecule has 2 N–H and O–H groups in total. The Kier molecular flexibility index (Phi) is 6.06. The summed E-state index contributed by atoms with van der Waals surface area (Å²) in [4.78, 5) is 22.0. The SMILES string of the molecule is CCc1ccc(C(C)NC(=O)CCCC(=O)O)cc1. The van der Waals surface area contributed by atoms with Crippen molar-refractivity contribution in [3.8, 4) is 0 Å². The number of carboxylic acids is 1. The molecule has 0 saturated heterocycles. The smallest absolute Gasteiger partial charge is 0.303 e. The average Bonchev–Trinajstić information content (AvgIpc) is 2.38. The molecule has 0 heterocycles. The third kappa shape index (κ3) is 5.55. The van der Waals surface area contributed by atoms with Gasteiger partial charge in [0.15, 0.2) is 0 Å². The van der Waals surface area contributed by atoms with E-state index in [1.165, 1.54) is 5.56 Å². The molecular formula is C15H21NO3. The molecule has 1 unspecified atom stereocenters. The summed E-state index contributed by atoms with van der Waals surface area (Å²) in [5.74, 6) is -0.968. The zero-order valence-corrected chi connectivity index (χ0v) is 11.5. The standard InChI is InChI=1S/C15H21NO3/c1-3-12-7-9-13(10-8-12)11(2)16-14(17)5-4-6-15(18)19/h7-11H,3-6H2,1-2H3,(H,16,17)(H,18,19). The minimum Gasteiger partial charge on any atom is -0.481 e. The number of rotatable bonds is 7. The van der Waals surface area contributed by atoms with Crippen LogP contribution in [-0.4, -0.2) is 17.0 Å². The Morgan fingerprint density at radius 2 is 1.84 bits per heavy atom. The molecule has 0 aromatic heterocycles. The van der Waals surface area contributed by atoms with Crippen LogP contribution in [0.1, 0.15) is 50.3 Å². The molecule has 0 radical (unpaired) electrons. The van der Waals surface area contributed by atoms with Gasteiger partial charge >= 0.3 is 5.97 Å². The fourth-order valence-electron chi connectivity index (χ4n) is 1.84. The summed E-state index contributed by atoms with van der Waals surface area (Å²) >= 11 is 0. The fraction of sp³-hybridized carbons (Fsp3) is 0.467. The summed E-state index contributed by atoms with van der Waals surface area (Å²) in [6.07, 6.45) is 1.66. The van der Waals surface area contributed by atoms with Gasteiger partial charge in [0.1, 0.15) is 0 Å². The number of benzene rings is 1. The normalized spacial score (nSPS) is 11.9. The van der Waals surface area contributed by atoms with Crippen molar-refractivity contribution in [1.82, 2.24) is 5.32 Å². The van der Waals surface area contributed by atoms with Crippen LogP contribution in [0.15, 0.2) is 24.3 Å². The number of hydrogen-bond acceptors (Lipinski definition) is 2. The second-order valence-corrected chi connectivity index (χ2v) is 4.63. The topological polar surface area (TPSA) is 66.4 Å². The summed E-state index contributed by atoms with van der Waals surface area (Å²) in [5.41, 5.74) is 2.33. The van der Waals surface area contributed by atoms with Crippen LogP contribution >= 0.6 is 0 Å². The lowest BCUT2D eigenvalue weighted by molar-refractivity contribution is -0.137. The third-order valence-corrected chi connectivity index (χ3v) is 3.06. The molecule has 0 fully saturated rings. The van der Waals surface area contributed by atoms with Crippen LogP contribution in [0.25, 0.3) is 0 Å². The molecule has 19 heavy (non-hydrogen) atoms. The number of hydrogen-bond donors (Lipinski definition) is 2. The van der Waals surface area contributed by atoms with Crippen LogP contribution in [0.5, 0.6) is 0 Å². The second-order valence-electron chi connectivity index (χ2n) is 4.63. The number of carbonyl (C=O) groups excluding carboxylic acids is 1. The van der Waals surface area contributed by atoms with Crippen LogP contribution < -0.4 is 5.32 Å². The van der Waals surface area contributed by atoms with Gasteiger partial charge in [-0.15, -0.1) is 0 Å². The van der Waals surface area contributed by atoms with Crippen LogP contribution in [0.4, 0.5) is 0 Å². The number of nitrogens with one attached hydrogen (secondary N) is 1. The molecule has 1 aromatic rings. The maximum atomic E-state index is 11.6. The zero-order valence-electron chi connectivity index (χ0n) is 11.5. The molecule has 0 bridgehead atoms. The van der Waals surface area contributed by atoms with Crippen molar-refractivity contribution in [3.63, 3.8) is 0 Å². The highest BCUT2D eigenvalue weighted by Gasteiger charge is 2.09. The van der Waals surface area contributed by atoms with E-state index in [1.807, 2.05) is 19.1 Å². The van der Waals surface area contributed by atoms with E-state index in [9.17, 15) is 9.59 Å². The maximum Gasteiger partial charge on any atom is 0.303 e. The Morgan fingerprint density at radius 1 is 1.21 bits per heavy atom. The number of aliphatic carboxylic acids is 1. The number of amides is 1. The van der Waals surface area contributed by atoms with Crippen molar-refractivity contribution in [3.05, 3.63) is 35.4 Å². The van der Waals surface area contributed by atoms with E-state index in [0.29, 0.717) is 6.42 Å². The van der Waals surface area contributed by atoms with Gasteiger partial charge in [0.05, 0.1) is 6.04 Å². The van der Waals surface area contributed by atoms with Crippen LogP contribution in [0.2, 0.25) is 0 Å². The molecule has 0 aliphatic rings. The largest absolute Gasteiger partial charge is 0.481 e. The molecule has 0 saturated carbocycles. The highest BCUT2D eigenvalue weighted by molar-refractivity contribution is 5.77. The molecule has 1 amide bonds. The van der Waals surface area contributed by atoms with E-state index in [1.54, 1.807) is 0 Å². The van der Waals surface area contributed by atoms with Gasteiger partial charge in [-0.2, -0.15) is 0 Å². The van der Waals surface area contributed by atoms with Gasteiger partial charge in [-0.25, -0.2) is 0 Å². The Morgan fingerprint density at radius 3 is 2.37 bits per heavy atom. The number of carboxylic acid groups (broad SMARTS) is 1. The number of carbonyl (C=O) groups is 2. The highest BCUT2D eigenvalue weighted by atomic mass is 16.4. The van der Waals surface area contributed by atoms with Gasteiger partial charge in [0.2, 0.25) is 5.91 Å². The van der Waals surface area contributed by atoms with Gasteiger partial charge in [-0.1, -0.05) is 31.2 Å². The molecule has 0 spiro atoms. The first-order valence-electron chi connectivity index (χ1n) is 6.63. The van der Waals surface area contributed by atoms with Crippen molar-refractivity contribution < 1.29 is 14.7 Å². The molecule has 0 aliphatic carbocycles. The lowest BCUT2D eigenvalue weighted by Gasteiger charge is -2.14. The molecule has 0 aliphatic heterocycles. The molecule has 4 nitrogen and oxygen atoms in total. The quantitative estimate of drug-likeness (QED) is 0.794. The van der Waals surface area contributed by atoms with Crippen LogP contribution in [-0.2, 0) is 16.0 Å². The monoisotopic (exact) mass is 263 g/mol. The fourth-order valence-corrected chi connectivity index (χ4v) is 1.84. The Labute approximate surface area is 113 Å². The predicted molar refractivity (Wildman–Crippen MR) is 73.9 cm³/mol. The first-order chi connectivity index (χ1) is 9.02. The van der Waals surface area contributed by atoms with Crippen molar-refractivity contribution >= 4 is 11.9 Å². The van der Waals surface area contributed by atoms with Gasteiger partial charge in [0, 0.05) is 12.8 Å². The van der Waals surface area contributed by atoms with Gasteiger partial charge in [-0.3, -0.25) is 9.59 Å². The summed E-state index contributed by atoms with van der Waals surface area (Å²) in [5, 5.41) is 11.4. The van der Waals surface area contributed by atoms with Crippen LogP contribution in [0, 0.1) is 0 Å². The molecule has 1 rings (SSSR count). The first kappa shape index (κ1) is 15.2. The lowest BCUT2D eigenvalue weighted by Crippen LogP contribution is -2.26. The van der Waals surface area contributed by atoms with E-state index in [2.05, 4.69) is 24.4 Å². The van der Waals surface area contributed by atoms with E-state index in [4.69, 9.17) is 5.11 Å². The average molecular weight is 263 g/mol. The minimum atomic E-state index is -0.865. The molecule has 1 atom stereocenters. The Balaban J connectivity index is 2.42. The van der Waals surface area contributed by atoms with Crippen LogP contribution in [0.3, 0.4) is 0 Å². The molecular weight excluding hydrogens is 242 g/mol. The summed E-state index contributed by atoms with van der Waals surface area (Å²) in [7, 11) is 0. The van der Waals surface area contributed by atoms with E-state index in [-0.39, 0.29) is 24.8 Å². The predicted octanol–water partition coefficient (Wildman–Crippen LogP) is 2.68. The van der Waals surface area contributed by atoms with Crippen molar-refractivity contribution in [2.45, 2.75) is 45.6 Å². The molecule has 1 aromatic carbocycles. The van der Waals surface area contributed by atoms with Crippen molar-refractivity contribution in [1.29, 1.82) is 0 Å². The highest BCUT2D eigenvalue weighted by Crippen LogP contribution is 2.14.